The van der Waals surface area contributed by atoms with E-state index in [-0.39, 0.29) is 24.6 Å². The Morgan fingerprint density at radius 2 is 2.03 bits per heavy atom. The van der Waals surface area contributed by atoms with Gasteiger partial charge < -0.3 is 14.5 Å². The van der Waals surface area contributed by atoms with Crippen molar-refractivity contribution in [1.82, 2.24) is 9.88 Å². The van der Waals surface area contributed by atoms with Crippen LogP contribution < -0.4 is 4.90 Å². The molecule has 1 aromatic carbocycles. The van der Waals surface area contributed by atoms with Gasteiger partial charge in [0.2, 0.25) is 5.91 Å². The second-order valence-corrected chi connectivity index (χ2v) is 7.76. The predicted molar refractivity (Wildman–Crippen MR) is 98.8 cm³/mol. The molecule has 0 radical (unpaired) electrons. The van der Waals surface area contributed by atoms with Gasteiger partial charge >= 0.3 is 0 Å². The van der Waals surface area contributed by atoms with E-state index in [4.69, 9.17) is 10.00 Å². The number of pyridine rings is 1. The summed E-state index contributed by atoms with van der Waals surface area (Å²) in [5.41, 5.74) is 0.419. The van der Waals surface area contributed by atoms with Crippen molar-refractivity contribution in [2.75, 3.05) is 24.6 Å². The summed E-state index contributed by atoms with van der Waals surface area (Å²) in [7, 11) is 0. The van der Waals surface area contributed by atoms with Gasteiger partial charge in [0, 0.05) is 19.3 Å². The Labute approximate surface area is 166 Å². The van der Waals surface area contributed by atoms with Gasteiger partial charge in [0.25, 0.3) is 0 Å². The van der Waals surface area contributed by atoms with Crippen LogP contribution in [0.25, 0.3) is 0 Å². The van der Waals surface area contributed by atoms with Crippen LogP contribution in [0.1, 0.15) is 24.0 Å². The molecule has 1 unspecified atom stereocenters. The number of carbonyl (C=O) groups is 1. The minimum absolute atomic E-state index is 0.0721. The van der Waals surface area contributed by atoms with Crippen molar-refractivity contribution in [2.24, 2.45) is 0 Å². The van der Waals surface area contributed by atoms with E-state index in [0.717, 1.165) is 18.0 Å². The molecule has 1 saturated carbocycles. The number of rotatable bonds is 5. The first-order chi connectivity index (χ1) is 14.0. The van der Waals surface area contributed by atoms with Crippen LogP contribution in [0, 0.1) is 23.0 Å². The van der Waals surface area contributed by atoms with E-state index < -0.39 is 17.2 Å². The lowest BCUT2D eigenvalue weighted by atomic mass is 9.85. The second-order valence-electron chi connectivity index (χ2n) is 7.76. The third kappa shape index (κ3) is 2.93. The molecule has 2 saturated heterocycles. The molecule has 0 bridgehead atoms. The number of piperazine rings is 1. The number of anilines is 1. The molecule has 148 valence electrons. The van der Waals surface area contributed by atoms with Gasteiger partial charge in [0.05, 0.1) is 23.2 Å². The number of amides is 1. The summed E-state index contributed by atoms with van der Waals surface area (Å²) >= 11 is 0. The van der Waals surface area contributed by atoms with Crippen LogP contribution in [0.3, 0.4) is 0 Å². The highest BCUT2D eigenvalue weighted by molar-refractivity contribution is 5.80. The molecule has 1 aromatic heterocycles. The molecule has 3 heterocycles. The number of nitrogens with zero attached hydrogens (tertiary/aromatic N) is 4. The molecule has 2 atom stereocenters. The Balaban J connectivity index is 1.16. The maximum atomic E-state index is 13.5. The Bertz CT molecular complexity index is 1020. The van der Waals surface area contributed by atoms with Crippen molar-refractivity contribution in [2.45, 2.75) is 30.5 Å². The maximum Gasteiger partial charge on any atom is 0.249 e. The summed E-state index contributed by atoms with van der Waals surface area (Å²) in [6, 6.07) is 9.74. The first-order valence-corrected chi connectivity index (χ1v) is 9.52. The average Bonchev–Trinajstić information content (AvgIpc) is 3.51. The zero-order valence-electron chi connectivity index (χ0n) is 15.5. The lowest BCUT2D eigenvalue weighted by molar-refractivity contribution is -0.152. The van der Waals surface area contributed by atoms with Gasteiger partial charge in [-0.3, -0.25) is 4.79 Å². The van der Waals surface area contributed by atoms with Crippen molar-refractivity contribution < 1.29 is 18.3 Å². The molecule has 29 heavy (non-hydrogen) atoms. The van der Waals surface area contributed by atoms with E-state index in [2.05, 4.69) is 9.88 Å². The van der Waals surface area contributed by atoms with Gasteiger partial charge in [-0.25, -0.2) is 13.8 Å². The zero-order valence-corrected chi connectivity index (χ0v) is 15.5. The summed E-state index contributed by atoms with van der Waals surface area (Å²) in [6.45, 7) is 1.23. The van der Waals surface area contributed by atoms with E-state index in [1.165, 1.54) is 6.07 Å². The molecule has 2 aromatic rings. The number of fused-ring (bicyclic) bond motifs is 1. The van der Waals surface area contributed by atoms with Gasteiger partial charge in [0.1, 0.15) is 18.5 Å². The monoisotopic (exact) mass is 396 g/mol. The number of hydrogen-bond donors (Lipinski definition) is 0. The van der Waals surface area contributed by atoms with Crippen LogP contribution in [0.4, 0.5) is 14.6 Å². The molecule has 3 fully saturated rings. The van der Waals surface area contributed by atoms with Crippen LogP contribution in [0.5, 0.6) is 0 Å². The summed E-state index contributed by atoms with van der Waals surface area (Å²) in [6.07, 6.45) is 2.93. The molecular formula is C21H18F2N4O2. The fourth-order valence-electron chi connectivity index (χ4n) is 4.12. The van der Waals surface area contributed by atoms with Crippen LogP contribution >= 0.6 is 0 Å². The fraction of sp³-hybridized carbons (Fsp3) is 0.381. The molecule has 1 amide bonds. The van der Waals surface area contributed by atoms with Crippen molar-refractivity contribution >= 4 is 11.7 Å². The third-order valence-corrected chi connectivity index (χ3v) is 6.13. The average molecular weight is 396 g/mol. The largest absolute Gasteiger partial charge is 0.360 e. The van der Waals surface area contributed by atoms with Crippen molar-refractivity contribution in [1.29, 1.82) is 5.26 Å². The van der Waals surface area contributed by atoms with Crippen LogP contribution in [0.15, 0.2) is 36.5 Å². The molecule has 5 rings (SSSR count). The summed E-state index contributed by atoms with van der Waals surface area (Å²) in [5.74, 6) is -1.07. The zero-order chi connectivity index (χ0) is 20.2. The van der Waals surface area contributed by atoms with Crippen LogP contribution in [-0.2, 0) is 15.1 Å². The topological polar surface area (TPSA) is 69.5 Å². The Morgan fingerprint density at radius 1 is 1.21 bits per heavy atom. The number of aromatic nitrogens is 1. The van der Waals surface area contributed by atoms with Gasteiger partial charge in [0.15, 0.2) is 11.6 Å². The summed E-state index contributed by atoms with van der Waals surface area (Å²) in [4.78, 5) is 20.8. The van der Waals surface area contributed by atoms with E-state index >= 15 is 0 Å². The Hall–Kier alpha value is -3.05. The molecule has 3 aliphatic rings. The highest BCUT2D eigenvalue weighted by atomic mass is 19.2. The highest BCUT2D eigenvalue weighted by Crippen LogP contribution is 2.49. The normalized spacial score (nSPS) is 23.5. The minimum Gasteiger partial charge on any atom is -0.360 e. The lowest BCUT2D eigenvalue weighted by Crippen LogP contribution is -2.80. The number of benzene rings is 1. The van der Waals surface area contributed by atoms with Gasteiger partial charge in [-0.2, -0.15) is 5.26 Å². The number of likely N-dealkylation sites (tertiary alicyclic amines) is 1. The standard InChI is InChI=1S/C21H18F2N4O2/c22-15-3-2-14(7-16(15)23)21(5-6-21)29-12-20(28)27-11-17-18(27)10-26(17)19-4-1-13(8-24)9-25-19/h1-4,7,9,17-18H,5-6,10-12H2/t17-,18?/m1/s1. The molecular weight excluding hydrogens is 378 g/mol. The molecule has 1 aliphatic carbocycles. The lowest BCUT2D eigenvalue weighted by Gasteiger charge is -2.62. The predicted octanol–water partition coefficient (Wildman–Crippen LogP) is 2.34. The van der Waals surface area contributed by atoms with Gasteiger partial charge in [-0.05, 0) is 42.7 Å². The molecule has 0 spiro atoms. The van der Waals surface area contributed by atoms with E-state index in [0.29, 0.717) is 37.1 Å². The SMILES string of the molecule is N#Cc1ccc(N2CC3[C@H]2CN3C(=O)COC2(c3ccc(F)c(F)c3)CC2)nc1. The summed E-state index contributed by atoms with van der Waals surface area (Å²) in [5, 5.41) is 8.86. The summed E-state index contributed by atoms with van der Waals surface area (Å²) < 4.78 is 32.5. The highest BCUT2D eigenvalue weighted by Gasteiger charge is 2.54. The Morgan fingerprint density at radius 3 is 2.62 bits per heavy atom. The first-order valence-electron chi connectivity index (χ1n) is 9.52. The number of ether oxygens (including phenoxy) is 1. The van der Waals surface area contributed by atoms with Crippen molar-refractivity contribution in [3.63, 3.8) is 0 Å². The molecule has 0 N–H and O–H groups in total. The molecule has 8 heteroatoms. The van der Waals surface area contributed by atoms with Crippen molar-refractivity contribution in [3.05, 3.63) is 59.3 Å². The van der Waals surface area contributed by atoms with E-state index in [9.17, 15) is 13.6 Å². The second kappa shape index (κ2) is 6.49. The van der Waals surface area contributed by atoms with Gasteiger partial charge in [-0.1, -0.05) is 6.07 Å². The minimum atomic E-state index is -0.903. The van der Waals surface area contributed by atoms with Crippen molar-refractivity contribution in [3.8, 4) is 6.07 Å². The van der Waals surface area contributed by atoms with E-state index in [1.807, 2.05) is 12.1 Å². The van der Waals surface area contributed by atoms with Crippen LogP contribution in [-0.4, -0.2) is 47.6 Å². The quantitative estimate of drug-likeness (QED) is 0.776. The van der Waals surface area contributed by atoms with Gasteiger partial charge in [-0.15, -0.1) is 0 Å². The smallest absolute Gasteiger partial charge is 0.249 e. The Kier molecular flexibility index (Phi) is 4.03. The number of carbonyl (C=O) groups excluding carboxylic acids is 1. The molecule has 6 nitrogen and oxygen atoms in total. The first kappa shape index (κ1) is 18.0. The fourth-order valence-corrected chi connectivity index (χ4v) is 4.12. The van der Waals surface area contributed by atoms with Crippen LogP contribution in [0.2, 0.25) is 0 Å². The maximum absolute atomic E-state index is 13.5. The third-order valence-electron chi connectivity index (χ3n) is 6.13. The number of nitriles is 1. The number of halogens is 2. The number of hydrogen-bond acceptors (Lipinski definition) is 5. The van der Waals surface area contributed by atoms with E-state index in [1.54, 1.807) is 17.2 Å². The molecule has 2 aliphatic heterocycles.